The Morgan fingerprint density at radius 3 is 3.00 bits per heavy atom. The Morgan fingerprint density at radius 1 is 2.00 bits per heavy atom. The normalized spacial score (nSPS) is 26.6. The van der Waals surface area contributed by atoms with Gasteiger partial charge in [-0.3, -0.25) is 4.79 Å². The van der Waals surface area contributed by atoms with Crippen molar-refractivity contribution in [1.29, 1.82) is 0 Å². The number of hydrogen-bond acceptors (Lipinski definition) is 2. The van der Waals surface area contributed by atoms with Crippen LogP contribution in [0.25, 0.3) is 0 Å². The third-order valence-electron chi connectivity index (χ3n) is 1.12. The highest BCUT2D eigenvalue weighted by molar-refractivity contribution is 5.57. The molecular weight excluding hydrogens is 104 g/mol. The van der Waals surface area contributed by atoms with Crippen LogP contribution in [0.15, 0.2) is 11.8 Å². The molecular formula is C6H8O2. The van der Waals surface area contributed by atoms with Gasteiger partial charge in [-0.25, -0.2) is 0 Å². The summed E-state index contributed by atoms with van der Waals surface area (Å²) < 4.78 is 4.88. The summed E-state index contributed by atoms with van der Waals surface area (Å²) >= 11 is 0. The number of hydrogen-bond donors (Lipinski definition) is 0. The molecule has 0 spiro atoms. The van der Waals surface area contributed by atoms with Crippen LogP contribution in [-0.4, -0.2) is 12.4 Å². The smallest absolute Gasteiger partial charge is 0.160 e. The minimum atomic E-state index is -0.199. The zero-order chi connectivity index (χ0) is 5.98. The molecule has 8 heavy (non-hydrogen) atoms. The van der Waals surface area contributed by atoms with Crippen molar-refractivity contribution >= 4 is 6.29 Å². The summed E-state index contributed by atoms with van der Waals surface area (Å²) in [4.78, 5) is 9.99. The fourth-order valence-corrected chi connectivity index (χ4v) is 0.697. The highest BCUT2D eigenvalue weighted by Gasteiger charge is 2.12. The zero-order valence-electron chi connectivity index (χ0n) is 4.76. The van der Waals surface area contributed by atoms with Crippen molar-refractivity contribution in [2.75, 3.05) is 0 Å². The standard InChI is InChI=1S/C6H8O2/c1-5-2-6(3-7)8-4-5/h3-4,6H,2H2,1H3. The molecule has 1 aliphatic rings. The van der Waals surface area contributed by atoms with Gasteiger partial charge in [0, 0.05) is 6.42 Å². The predicted molar refractivity (Wildman–Crippen MR) is 29.3 cm³/mol. The minimum Gasteiger partial charge on any atom is -0.490 e. The SMILES string of the molecule is CC1=COC(C=O)C1. The highest BCUT2D eigenvalue weighted by atomic mass is 16.5. The van der Waals surface area contributed by atoms with Gasteiger partial charge >= 0.3 is 0 Å². The molecule has 0 aliphatic carbocycles. The third-order valence-corrected chi connectivity index (χ3v) is 1.12. The van der Waals surface area contributed by atoms with Crippen molar-refractivity contribution in [1.82, 2.24) is 0 Å². The van der Waals surface area contributed by atoms with Crippen LogP contribution < -0.4 is 0 Å². The summed E-state index contributed by atoms with van der Waals surface area (Å²) in [6.45, 7) is 1.95. The number of rotatable bonds is 1. The lowest BCUT2D eigenvalue weighted by Gasteiger charge is -1.96. The first-order valence-corrected chi connectivity index (χ1v) is 2.59. The molecule has 1 atom stereocenters. The highest BCUT2D eigenvalue weighted by Crippen LogP contribution is 2.14. The van der Waals surface area contributed by atoms with E-state index in [1.807, 2.05) is 6.92 Å². The van der Waals surface area contributed by atoms with Gasteiger partial charge in [-0.2, -0.15) is 0 Å². The Hall–Kier alpha value is -0.790. The van der Waals surface area contributed by atoms with Crippen LogP contribution in [-0.2, 0) is 9.53 Å². The Kier molecular flexibility index (Phi) is 1.33. The third kappa shape index (κ3) is 0.886. The Labute approximate surface area is 48.1 Å². The zero-order valence-corrected chi connectivity index (χ0v) is 4.76. The second-order valence-electron chi connectivity index (χ2n) is 1.98. The average molecular weight is 112 g/mol. The van der Waals surface area contributed by atoms with E-state index in [1.54, 1.807) is 6.26 Å². The Bertz CT molecular complexity index is 126. The molecule has 2 heteroatoms. The first-order chi connectivity index (χ1) is 3.83. The molecule has 44 valence electrons. The van der Waals surface area contributed by atoms with E-state index in [-0.39, 0.29) is 6.10 Å². The lowest BCUT2D eigenvalue weighted by atomic mass is 10.2. The van der Waals surface area contributed by atoms with E-state index in [0.29, 0.717) is 0 Å². The van der Waals surface area contributed by atoms with E-state index < -0.39 is 0 Å². The molecule has 1 aliphatic heterocycles. The maximum absolute atomic E-state index is 9.99. The average Bonchev–Trinajstić information content (AvgIpc) is 2.14. The van der Waals surface area contributed by atoms with E-state index >= 15 is 0 Å². The van der Waals surface area contributed by atoms with Gasteiger partial charge in [-0.05, 0) is 12.5 Å². The van der Waals surface area contributed by atoms with E-state index in [4.69, 9.17) is 4.74 Å². The molecule has 0 aromatic heterocycles. The lowest BCUT2D eigenvalue weighted by Crippen LogP contribution is -2.04. The molecule has 1 heterocycles. The molecule has 1 unspecified atom stereocenters. The molecule has 0 saturated carbocycles. The van der Waals surface area contributed by atoms with Gasteiger partial charge in [0.1, 0.15) is 0 Å². The Morgan fingerprint density at radius 2 is 2.75 bits per heavy atom. The fourth-order valence-electron chi connectivity index (χ4n) is 0.697. The number of carbonyl (C=O) groups excluding carboxylic acids is 1. The summed E-state index contributed by atoms with van der Waals surface area (Å²) in [6, 6.07) is 0. The molecule has 0 amide bonds. The van der Waals surface area contributed by atoms with Crippen LogP contribution in [0, 0.1) is 0 Å². The summed E-state index contributed by atoms with van der Waals surface area (Å²) in [5.41, 5.74) is 1.14. The molecule has 0 bridgehead atoms. The quantitative estimate of drug-likeness (QED) is 0.470. The molecule has 1 rings (SSSR count). The van der Waals surface area contributed by atoms with Crippen molar-refractivity contribution in [2.24, 2.45) is 0 Å². The number of aldehydes is 1. The summed E-state index contributed by atoms with van der Waals surface area (Å²) in [7, 11) is 0. The number of carbonyl (C=O) groups is 1. The predicted octanol–water partition coefficient (Wildman–Crippen LogP) is 0.878. The van der Waals surface area contributed by atoms with Crippen molar-refractivity contribution < 1.29 is 9.53 Å². The van der Waals surface area contributed by atoms with Crippen molar-refractivity contribution in [2.45, 2.75) is 19.4 Å². The Balaban J connectivity index is 2.43. The maximum atomic E-state index is 9.99. The molecule has 0 aromatic rings. The molecule has 2 nitrogen and oxygen atoms in total. The van der Waals surface area contributed by atoms with E-state index in [9.17, 15) is 4.79 Å². The van der Waals surface area contributed by atoms with Crippen molar-refractivity contribution in [3.8, 4) is 0 Å². The van der Waals surface area contributed by atoms with Crippen molar-refractivity contribution in [3.63, 3.8) is 0 Å². The molecule has 0 aromatic carbocycles. The summed E-state index contributed by atoms with van der Waals surface area (Å²) in [5.74, 6) is 0. The van der Waals surface area contributed by atoms with Crippen LogP contribution in [0.3, 0.4) is 0 Å². The first-order valence-electron chi connectivity index (χ1n) is 2.59. The van der Waals surface area contributed by atoms with Crippen molar-refractivity contribution in [3.05, 3.63) is 11.8 Å². The number of ether oxygens (including phenoxy) is 1. The van der Waals surface area contributed by atoms with E-state index in [0.717, 1.165) is 18.3 Å². The lowest BCUT2D eigenvalue weighted by molar-refractivity contribution is -0.114. The second-order valence-corrected chi connectivity index (χ2v) is 1.98. The van der Waals surface area contributed by atoms with Gasteiger partial charge < -0.3 is 4.74 Å². The van der Waals surface area contributed by atoms with Gasteiger partial charge in [0.2, 0.25) is 0 Å². The monoisotopic (exact) mass is 112 g/mol. The minimum absolute atomic E-state index is 0.199. The van der Waals surface area contributed by atoms with Crippen LogP contribution in [0.4, 0.5) is 0 Å². The largest absolute Gasteiger partial charge is 0.490 e. The van der Waals surface area contributed by atoms with Gasteiger partial charge in [0.05, 0.1) is 6.26 Å². The molecule has 0 N–H and O–H groups in total. The van der Waals surface area contributed by atoms with Crippen LogP contribution >= 0.6 is 0 Å². The molecule has 0 saturated heterocycles. The fraction of sp³-hybridized carbons (Fsp3) is 0.500. The van der Waals surface area contributed by atoms with Gasteiger partial charge in [0.25, 0.3) is 0 Å². The summed E-state index contributed by atoms with van der Waals surface area (Å²) in [5, 5.41) is 0. The van der Waals surface area contributed by atoms with Crippen LogP contribution in [0.2, 0.25) is 0 Å². The van der Waals surface area contributed by atoms with E-state index in [2.05, 4.69) is 0 Å². The maximum Gasteiger partial charge on any atom is 0.160 e. The molecule has 0 fully saturated rings. The van der Waals surface area contributed by atoms with Gasteiger partial charge in [-0.15, -0.1) is 0 Å². The topological polar surface area (TPSA) is 26.3 Å². The van der Waals surface area contributed by atoms with Crippen LogP contribution in [0.1, 0.15) is 13.3 Å². The van der Waals surface area contributed by atoms with Crippen LogP contribution in [0.5, 0.6) is 0 Å². The first kappa shape index (κ1) is 5.35. The van der Waals surface area contributed by atoms with E-state index in [1.165, 1.54) is 0 Å². The van der Waals surface area contributed by atoms with Gasteiger partial charge in [-0.1, -0.05) is 0 Å². The summed E-state index contributed by atoms with van der Waals surface area (Å²) in [6.07, 6.45) is 3.03. The van der Waals surface area contributed by atoms with Gasteiger partial charge in [0.15, 0.2) is 12.4 Å². The second kappa shape index (κ2) is 1.99. The molecule has 0 radical (unpaired) electrons.